The molecule has 3 amide bonds. The maximum atomic E-state index is 12.5. The summed E-state index contributed by atoms with van der Waals surface area (Å²) in [6.07, 6.45) is 7.87. The summed E-state index contributed by atoms with van der Waals surface area (Å²) < 4.78 is 0. The molecule has 5 fully saturated rings. The molecule has 4 bridgehead atoms. The molecule has 0 spiro atoms. The minimum atomic E-state index is -0.0943. The Labute approximate surface area is 204 Å². The quantitative estimate of drug-likeness (QED) is 0.522. The van der Waals surface area contributed by atoms with E-state index in [1.807, 2.05) is 0 Å². The van der Waals surface area contributed by atoms with Gasteiger partial charge in [-0.05, 0) is 61.8 Å². The second-order valence-electron chi connectivity index (χ2n) is 11.3. The summed E-state index contributed by atoms with van der Waals surface area (Å²) in [6, 6.07) is 10.5. The van der Waals surface area contributed by atoms with Gasteiger partial charge in [-0.15, -0.1) is 0 Å². The Balaban J connectivity index is 0.921. The van der Waals surface area contributed by atoms with Crippen LogP contribution in [0.1, 0.15) is 50.5 Å². The number of piperazine rings is 1. The van der Waals surface area contributed by atoms with Crippen molar-refractivity contribution in [3.8, 4) is 0 Å². The summed E-state index contributed by atoms with van der Waals surface area (Å²) in [5.74, 6) is 2.44. The minimum Gasteiger partial charge on any atom is -0.355 e. The monoisotopic (exact) mass is 467 g/mol. The summed E-state index contributed by atoms with van der Waals surface area (Å²) >= 11 is 0. The molecule has 34 heavy (non-hydrogen) atoms. The number of amides is 3. The molecule has 1 aliphatic heterocycles. The molecule has 3 N–H and O–H groups in total. The van der Waals surface area contributed by atoms with Crippen molar-refractivity contribution in [3.05, 3.63) is 35.9 Å². The van der Waals surface area contributed by atoms with Crippen LogP contribution < -0.4 is 16.0 Å². The first kappa shape index (κ1) is 23.6. The molecule has 0 aromatic heterocycles. The van der Waals surface area contributed by atoms with Gasteiger partial charge in [-0.2, -0.15) is 0 Å². The molecule has 1 aromatic rings. The minimum absolute atomic E-state index is 0.0119. The van der Waals surface area contributed by atoms with Crippen LogP contribution in [0.2, 0.25) is 0 Å². The Bertz CT molecular complexity index is 801. The first-order chi connectivity index (χ1) is 16.6. The molecule has 4 aliphatic carbocycles. The third kappa shape index (κ3) is 6.11. The first-order valence-electron chi connectivity index (χ1n) is 13.4. The smallest absolute Gasteiger partial charge is 0.315 e. The van der Waals surface area contributed by atoms with Crippen LogP contribution in [0.3, 0.4) is 0 Å². The van der Waals surface area contributed by atoms with Gasteiger partial charge in [0.25, 0.3) is 0 Å². The highest BCUT2D eigenvalue weighted by molar-refractivity contribution is 5.78. The van der Waals surface area contributed by atoms with Gasteiger partial charge in [0.15, 0.2) is 0 Å². The van der Waals surface area contributed by atoms with Crippen molar-refractivity contribution in [2.24, 2.45) is 17.8 Å². The molecular formula is C27H41N5O2. The number of rotatable bonds is 9. The van der Waals surface area contributed by atoms with Crippen molar-refractivity contribution in [2.75, 3.05) is 45.8 Å². The van der Waals surface area contributed by atoms with Gasteiger partial charge in [0.05, 0.1) is 0 Å². The average Bonchev–Trinajstić information content (AvgIpc) is 2.80. The van der Waals surface area contributed by atoms with Crippen LogP contribution in [0.25, 0.3) is 0 Å². The second kappa shape index (κ2) is 10.6. The number of benzene rings is 1. The van der Waals surface area contributed by atoms with Gasteiger partial charge in [-0.25, -0.2) is 4.79 Å². The maximum absolute atomic E-state index is 12.5. The van der Waals surface area contributed by atoms with E-state index in [0.29, 0.717) is 19.5 Å². The zero-order valence-electron chi connectivity index (χ0n) is 20.4. The van der Waals surface area contributed by atoms with E-state index >= 15 is 0 Å². The number of hydrogen-bond acceptors (Lipinski definition) is 4. The van der Waals surface area contributed by atoms with Crippen molar-refractivity contribution in [3.63, 3.8) is 0 Å². The molecular weight excluding hydrogens is 426 g/mol. The van der Waals surface area contributed by atoms with E-state index in [0.717, 1.165) is 76.3 Å². The van der Waals surface area contributed by atoms with E-state index < -0.39 is 0 Å². The average molecular weight is 468 g/mol. The molecule has 0 atom stereocenters. The third-order valence-corrected chi connectivity index (χ3v) is 8.52. The fraction of sp³-hybridized carbons (Fsp3) is 0.704. The fourth-order valence-electron chi connectivity index (χ4n) is 7.29. The lowest BCUT2D eigenvalue weighted by molar-refractivity contribution is -0.121. The maximum Gasteiger partial charge on any atom is 0.315 e. The highest BCUT2D eigenvalue weighted by atomic mass is 16.2. The van der Waals surface area contributed by atoms with Crippen LogP contribution in [0.4, 0.5) is 4.79 Å². The zero-order chi connectivity index (χ0) is 23.4. The van der Waals surface area contributed by atoms with E-state index in [-0.39, 0.29) is 17.5 Å². The molecule has 6 rings (SSSR count). The van der Waals surface area contributed by atoms with Crippen LogP contribution in [0.15, 0.2) is 30.3 Å². The van der Waals surface area contributed by atoms with Crippen molar-refractivity contribution < 1.29 is 9.59 Å². The molecule has 7 heteroatoms. The summed E-state index contributed by atoms with van der Waals surface area (Å²) in [5, 5.41) is 9.25. The molecule has 186 valence electrons. The number of carbonyl (C=O) groups excluding carboxylic acids is 2. The van der Waals surface area contributed by atoms with E-state index in [2.05, 4.69) is 56.1 Å². The Hall–Kier alpha value is -2.12. The lowest BCUT2D eigenvalue weighted by Gasteiger charge is -2.56. The number of nitrogens with zero attached hydrogens (tertiary/aromatic N) is 2. The van der Waals surface area contributed by atoms with E-state index in [4.69, 9.17) is 0 Å². The zero-order valence-corrected chi connectivity index (χ0v) is 20.4. The number of carbonyl (C=O) groups is 2. The van der Waals surface area contributed by atoms with Crippen LogP contribution in [-0.4, -0.2) is 73.1 Å². The van der Waals surface area contributed by atoms with Crippen molar-refractivity contribution in [1.29, 1.82) is 0 Å². The molecule has 1 saturated heterocycles. The van der Waals surface area contributed by atoms with E-state index in [1.165, 1.54) is 24.8 Å². The van der Waals surface area contributed by atoms with Gasteiger partial charge < -0.3 is 16.0 Å². The summed E-state index contributed by atoms with van der Waals surface area (Å²) in [5.41, 5.74) is 1.38. The van der Waals surface area contributed by atoms with Gasteiger partial charge in [0.2, 0.25) is 5.91 Å². The van der Waals surface area contributed by atoms with Crippen LogP contribution >= 0.6 is 0 Å². The number of nitrogens with one attached hydrogen (secondary N) is 3. The molecule has 4 saturated carbocycles. The standard InChI is InChI=1S/C27H41N5O2/c33-25(28-8-9-31-10-12-32(13-11-31)20-21-4-2-1-3-5-21)6-7-29-26(34)30-27-17-22-14-23(18-27)16-24(15-22)19-27/h1-5,22-24H,6-20H2,(H,28,33)(H2,29,30,34). The Kier molecular flexibility index (Phi) is 7.40. The molecule has 7 nitrogen and oxygen atoms in total. The number of hydrogen-bond donors (Lipinski definition) is 3. The highest BCUT2D eigenvalue weighted by Gasteiger charge is 2.51. The lowest BCUT2D eigenvalue weighted by atomic mass is 9.53. The van der Waals surface area contributed by atoms with Crippen molar-refractivity contribution in [1.82, 2.24) is 25.8 Å². The Morgan fingerprint density at radius 3 is 2.09 bits per heavy atom. The van der Waals surface area contributed by atoms with Gasteiger partial charge in [0.1, 0.15) is 0 Å². The summed E-state index contributed by atoms with van der Waals surface area (Å²) in [7, 11) is 0. The normalized spacial score (nSPS) is 30.8. The molecule has 5 aliphatic rings. The summed E-state index contributed by atoms with van der Waals surface area (Å²) in [4.78, 5) is 29.6. The van der Waals surface area contributed by atoms with Crippen LogP contribution in [0.5, 0.6) is 0 Å². The Morgan fingerprint density at radius 2 is 1.44 bits per heavy atom. The number of urea groups is 1. The predicted octanol–water partition coefficient (Wildman–Crippen LogP) is 2.58. The van der Waals surface area contributed by atoms with E-state index in [1.54, 1.807) is 0 Å². The lowest BCUT2D eigenvalue weighted by Crippen LogP contribution is -2.61. The van der Waals surface area contributed by atoms with Crippen molar-refractivity contribution in [2.45, 2.75) is 57.0 Å². The molecule has 0 unspecified atom stereocenters. The van der Waals surface area contributed by atoms with Gasteiger partial charge in [0, 0.05) is 64.3 Å². The third-order valence-electron chi connectivity index (χ3n) is 8.52. The topological polar surface area (TPSA) is 76.7 Å². The van der Waals surface area contributed by atoms with Gasteiger partial charge in [-0.3, -0.25) is 14.6 Å². The summed E-state index contributed by atoms with van der Waals surface area (Å²) in [6.45, 7) is 7.14. The predicted molar refractivity (Wildman–Crippen MR) is 133 cm³/mol. The molecule has 0 radical (unpaired) electrons. The van der Waals surface area contributed by atoms with Crippen LogP contribution in [-0.2, 0) is 11.3 Å². The van der Waals surface area contributed by atoms with E-state index in [9.17, 15) is 9.59 Å². The van der Waals surface area contributed by atoms with Gasteiger partial charge in [-0.1, -0.05) is 30.3 Å². The SMILES string of the molecule is O=C(CCNC(=O)NC12CC3CC(CC(C3)C1)C2)NCCN1CCN(Cc2ccccc2)CC1. The largest absolute Gasteiger partial charge is 0.355 e. The highest BCUT2D eigenvalue weighted by Crippen LogP contribution is 2.55. The van der Waals surface area contributed by atoms with Gasteiger partial charge >= 0.3 is 6.03 Å². The van der Waals surface area contributed by atoms with Crippen molar-refractivity contribution >= 4 is 11.9 Å². The molecule has 1 heterocycles. The first-order valence-corrected chi connectivity index (χ1v) is 13.4. The second-order valence-corrected chi connectivity index (χ2v) is 11.3. The van der Waals surface area contributed by atoms with Crippen LogP contribution in [0, 0.1) is 17.8 Å². The molecule has 1 aromatic carbocycles. The fourth-order valence-corrected chi connectivity index (χ4v) is 7.29. The Morgan fingerprint density at radius 1 is 0.824 bits per heavy atom.